The highest BCUT2D eigenvalue weighted by Gasteiger charge is 2.42. The van der Waals surface area contributed by atoms with Gasteiger partial charge in [0.1, 0.15) is 4.90 Å². The van der Waals surface area contributed by atoms with Gasteiger partial charge in [-0.2, -0.15) is 9.40 Å². The number of fused-ring (bicyclic) bond motifs is 1. The number of amides is 1. The highest BCUT2D eigenvalue weighted by molar-refractivity contribution is 7.89. The average molecular weight is 370 g/mol. The Balaban J connectivity index is 1.92. The van der Waals surface area contributed by atoms with Crippen LogP contribution in [-0.4, -0.2) is 60.8 Å². The molecule has 0 aromatic carbocycles. The second-order valence-corrected chi connectivity index (χ2v) is 8.40. The maximum atomic E-state index is 13.2. The van der Waals surface area contributed by atoms with E-state index < -0.39 is 10.0 Å². The lowest BCUT2D eigenvalue weighted by molar-refractivity contribution is -0.126. The molecule has 1 N–H and O–H groups in total. The SMILES string of the molecule is CCn1cc(S(=O)(=O)N2CCCOCCNC(=O)[C@@H]3CCC[C@@H]32)cn1. The molecular weight excluding hydrogens is 344 g/mol. The van der Waals surface area contributed by atoms with Crippen LogP contribution in [0.2, 0.25) is 0 Å². The molecule has 2 aliphatic rings. The zero-order chi connectivity index (χ0) is 17.9. The molecule has 1 aromatic rings. The summed E-state index contributed by atoms with van der Waals surface area (Å²) in [4.78, 5) is 12.7. The number of hydrogen-bond acceptors (Lipinski definition) is 5. The van der Waals surface area contributed by atoms with Gasteiger partial charge in [0.25, 0.3) is 0 Å². The second kappa shape index (κ2) is 7.84. The Morgan fingerprint density at radius 3 is 2.92 bits per heavy atom. The first-order valence-corrected chi connectivity index (χ1v) is 10.4. The fourth-order valence-corrected chi connectivity index (χ4v) is 5.33. The lowest BCUT2D eigenvalue weighted by Gasteiger charge is -2.31. The molecule has 140 valence electrons. The third-order valence-corrected chi connectivity index (χ3v) is 6.82. The molecule has 0 bridgehead atoms. The van der Waals surface area contributed by atoms with Crippen LogP contribution in [0.4, 0.5) is 0 Å². The Labute approximate surface area is 148 Å². The van der Waals surface area contributed by atoms with E-state index >= 15 is 0 Å². The van der Waals surface area contributed by atoms with Crippen LogP contribution in [0.25, 0.3) is 0 Å². The van der Waals surface area contributed by atoms with Crippen molar-refractivity contribution >= 4 is 15.9 Å². The number of nitrogens with zero attached hydrogens (tertiary/aromatic N) is 3. The van der Waals surface area contributed by atoms with Crippen LogP contribution >= 0.6 is 0 Å². The fourth-order valence-electron chi connectivity index (χ4n) is 3.64. The summed E-state index contributed by atoms with van der Waals surface area (Å²) in [5, 5.41) is 6.97. The highest BCUT2D eigenvalue weighted by atomic mass is 32.2. The maximum absolute atomic E-state index is 13.2. The molecule has 2 atom stereocenters. The van der Waals surface area contributed by atoms with Gasteiger partial charge in [0.05, 0.1) is 18.7 Å². The van der Waals surface area contributed by atoms with Crippen LogP contribution in [0.15, 0.2) is 17.3 Å². The number of ether oxygens (including phenoxy) is 1. The molecule has 0 spiro atoms. The van der Waals surface area contributed by atoms with E-state index in [1.807, 2.05) is 6.92 Å². The highest BCUT2D eigenvalue weighted by Crippen LogP contribution is 2.34. The number of hydrogen-bond donors (Lipinski definition) is 1. The molecule has 1 saturated carbocycles. The van der Waals surface area contributed by atoms with Gasteiger partial charge in [0, 0.05) is 38.5 Å². The number of carbonyl (C=O) groups is 1. The van der Waals surface area contributed by atoms with Crippen LogP contribution in [0.5, 0.6) is 0 Å². The molecule has 1 amide bonds. The predicted molar refractivity (Wildman–Crippen MR) is 91.4 cm³/mol. The maximum Gasteiger partial charge on any atom is 0.246 e. The van der Waals surface area contributed by atoms with E-state index in [4.69, 9.17) is 4.74 Å². The molecule has 3 rings (SSSR count). The van der Waals surface area contributed by atoms with E-state index in [9.17, 15) is 13.2 Å². The normalized spacial score (nSPS) is 26.7. The van der Waals surface area contributed by atoms with Gasteiger partial charge in [-0.1, -0.05) is 6.42 Å². The summed E-state index contributed by atoms with van der Waals surface area (Å²) in [6.45, 7) is 4.28. The number of rotatable bonds is 3. The largest absolute Gasteiger partial charge is 0.380 e. The molecule has 0 radical (unpaired) electrons. The van der Waals surface area contributed by atoms with Crippen molar-refractivity contribution in [2.75, 3.05) is 26.3 Å². The summed E-state index contributed by atoms with van der Waals surface area (Å²) in [5.41, 5.74) is 0. The summed E-state index contributed by atoms with van der Waals surface area (Å²) in [6, 6.07) is -0.298. The Morgan fingerprint density at radius 2 is 2.16 bits per heavy atom. The lowest BCUT2D eigenvalue weighted by Crippen LogP contribution is -2.47. The Kier molecular flexibility index (Phi) is 5.75. The van der Waals surface area contributed by atoms with Gasteiger partial charge in [0.15, 0.2) is 0 Å². The van der Waals surface area contributed by atoms with Gasteiger partial charge < -0.3 is 10.1 Å². The summed E-state index contributed by atoms with van der Waals surface area (Å²) in [6.07, 6.45) is 5.85. The number of carbonyl (C=O) groups excluding carboxylic acids is 1. The van der Waals surface area contributed by atoms with E-state index in [1.54, 1.807) is 10.9 Å². The molecular formula is C16H26N4O4S. The number of sulfonamides is 1. The van der Waals surface area contributed by atoms with Crippen LogP contribution < -0.4 is 5.32 Å². The molecule has 1 saturated heterocycles. The minimum absolute atomic E-state index is 0.0718. The summed E-state index contributed by atoms with van der Waals surface area (Å²) < 4.78 is 35.0. The van der Waals surface area contributed by atoms with E-state index in [1.165, 1.54) is 10.5 Å². The van der Waals surface area contributed by atoms with Gasteiger partial charge in [-0.05, 0) is 26.2 Å². The van der Waals surface area contributed by atoms with Crippen molar-refractivity contribution in [2.24, 2.45) is 5.92 Å². The van der Waals surface area contributed by atoms with Gasteiger partial charge in [-0.3, -0.25) is 9.48 Å². The van der Waals surface area contributed by atoms with Crippen LogP contribution in [0.1, 0.15) is 32.6 Å². The van der Waals surface area contributed by atoms with Gasteiger partial charge in [-0.15, -0.1) is 0 Å². The number of nitrogens with one attached hydrogen (secondary N) is 1. The van der Waals surface area contributed by atoms with Crippen molar-refractivity contribution in [1.82, 2.24) is 19.4 Å². The minimum Gasteiger partial charge on any atom is -0.380 e. The van der Waals surface area contributed by atoms with Gasteiger partial charge >= 0.3 is 0 Å². The summed E-state index contributed by atoms with van der Waals surface area (Å²) in [5.74, 6) is -0.369. The van der Waals surface area contributed by atoms with Crippen LogP contribution in [0, 0.1) is 5.92 Å². The average Bonchev–Trinajstić information content (AvgIpc) is 3.25. The standard InChI is InChI=1S/C16H26N4O4S/c1-2-19-12-13(11-18-19)25(22,23)20-8-4-9-24-10-7-17-16(21)14-5-3-6-15(14)20/h11-12,14-15H,2-10H2,1H3,(H,17,21)/t14-,15+/m1/s1. The van der Waals surface area contributed by atoms with E-state index in [-0.39, 0.29) is 22.8 Å². The minimum atomic E-state index is -3.69. The molecule has 2 fully saturated rings. The molecule has 0 unspecified atom stereocenters. The van der Waals surface area contributed by atoms with Crippen molar-refractivity contribution in [3.63, 3.8) is 0 Å². The zero-order valence-corrected chi connectivity index (χ0v) is 15.4. The van der Waals surface area contributed by atoms with E-state index in [0.29, 0.717) is 45.7 Å². The quantitative estimate of drug-likeness (QED) is 0.841. The first-order valence-electron chi connectivity index (χ1n) is 8.94. The first-order chi connectivity index (χ1) is 12.0. The van der Waals surface area contributed by atoms with E-state index in [0.717, 1.165) is 12.8 Å². The third kappa shape index (κ3) is 3.88. The molecule has 1 aliphatic heterocycles. The lowest BCUT2D eigenvalue weighted by atomic mass is 10.0. The molecule has 25 heavy (non-hydrogen) atoms. The van der Waals surface area contributed by atoms with Crippen LogP contribution in [0.3, 0.4) is 0 Å². The fraction of sp³-hybridized carbons (Fsp3) is 0.750. The molecule has 1 aromatic heterocycles. The molecule has 1 aliphatic carbocycles. The number of aromatic nitrogens is 2. The Hall–Kier alpha value is -1.45. The smallest absolute Gasteiger partial charge is 0.246 e. The Morgan fingerprint density at radius 1 is 1.32 bits per heavy atom. The summed E-state index contributed by atoms with van der Waals surface area (Å²) in [7, 11) is -3.69. The third-order valence-electron chi connectivity index (χ3n) is 4.94. The van der Waals surface area contributed by atoms with Crippen molar-refractivity contribution < 1.29 is 17.9 Å². The van der Waals surface area contributed by atoms with Crippen molar-refractivity contribution in [3.8, 4) is 0 Å². The molecule has 8 nitrogen and oxygen atoms in total. The Bertz CT molecular complexity index is 703. The second-order valence-electron chi connectivity index (χ2n) is 6.51. The molecule has 2 heterocycles. The molecule has 9 heteroatoms. The number of aryl methyl sites for hydroxylation is 1. The van der Waals surface area contributed by atoms with Crippen molar-refractivity contribution in [2.45, 2.75) is 50.1 Å². The van der Waals surface area contributed by atoms with Gasteiger partial charge in [-0.25, -0.2) is 8.42 Å². The zero-order valence-electron chi connectivity index (χ0n) is 14.6. The topological polar surface area (TPSA) is 93.5 Å². The first kappa shape index (κ1) is 18.3. The van der Waals surface area contributed by atoms with Crippen molar-refractivity contribution in [1.29, 1.82) is 0 Å². The van der Waals surface area contributed by atoms with Gasteiger partial charge in [0.2, 0.25) is 15.9 Å². The summed E-state index contributed by atoms with van der Waals surface area (Å²) >= 11 is 0. The van der Waals surface area contributed by atoms with Crippen LogP contribution in [-0.2, 0) is 26.1 Å². The van der Waals surface area contributed by atoms with Crippen molar-refractivity contribution in [3.05, 3.63) is 12.4 Å². The van der Waals surface area contributed by atoms with E-state index in [2.05, 4.69) is 10.4 Å². The monoisotopic (exact) mass is 370 g/mol. The predicted octanol–water partition coefficient (Wildman–Crippen LogP) is 0.599.